The highest BCUT2D eigenvalue weighted by molar-refractivity contribution is 5.87. The Kier molecular flexibility index (Phi) is 3.63. The molecule has 2 aromatic carbocycles. The molecule has 0 aliphatic carbocycles. The van der Waals surface area contributed by atoms with Gasteiger partial charge in [0, 0.05) is 5.69 Å². The Balaban J connectivity index is 2.35. The fourth-order valence-electron chi connectivity index (χ4n) is 1.73. The van der Waals surface area contributed by atoms with Gasteiger partial charge in [-0.1, -0.05) is 42.5 Å². The van der Waals surface area contributed by atoms with Gasteiger partial charge in [-0.15, -0.1) is 0 Å². The molecule has 0 fully saturated rings. The van der Waals surface area contributed by atoms with Crippen molar-refractivity contribution in [2.75, 3.05) is 12.4 Å². The van der Waals surface area contributed by atoms with E-state index in [4.69, 9.17) is 0 Å². The molecule has 0 saturated carbocycles. The Morgan fingerprint density at radius 1 is 1.06 bits per heavy atom. The summed E-state index contributed by atoms with van der Waals surface area (Å²) in [6.45, 7) is 1.94. The van der Waals surface area contributed by atoms with Crippen LogP contribution in [-0.2, 0) is 4.74 Å². The fraction of sp³-hybridized carbons (Fsp3) is 0.133. The van der Waals surface area contributed by atoms with Crippen LogP contribution in [0.5, 0.6) is 0 Å². The first-order valence-corrected chi connectivity index (χ1v) is 5.72. The molecule has 3 heteroatoms. The van der Waals surface area contributed by atoms with E-state index in [-0.39, 0.29) is 0 Å². The van der Waals surface area contributed by atoms with Gasteiger partial charge in [-0.25, -0.2) is 4.79 Å². The molecule has 0 atom stereocenters. The van der Waals surface area contributed by atoms with Crippen molar-refractivity contribution in [2.24, 2.45) is 0 Å². The minimum absolute atomic E-state index is 0.455. The monoisotopic (exact) mass is 241 g/mol. The van der Waals surface area contributed by atoms with E-state index in [9.17, 15) is 4.79 Å². The van der Waals surface area contributed by atoms with Crippen molar-refractivity contribution in [1.82, 2.24) is 0 Å². The number of nitrogens with one attached hydrogen (secondary N) is 1. The Bertz CT molecular complexity index is 550. The summed E-state index contributed by atoms with van der Waals surface area (Å²) in [6, 6.07) is 16.0. The van der Waals surface area contributed by atoms with Crippen LogP contribution >= 0.6 is 0 Å². The Hall–Kier alpha value is -2.29. The molecule has 0 spiro atoms. The zero-order chi connectivity index (χ0) is 13.0. The maximum absolute atomic E-state index is 11.2. The van der Waals surface area contributed by atoms with Crippen molar-refractivity contribution >= 4 is 11.8 Å². The topological polar surface area (TPSA) is 38.3 Å². The van der Waals surface area contributed by atoms with Crippen LogP contribution in [0.15, 0.2) is 48.5 Å². The molecule has 3 nitrogen and oxygen atoms in total. The Labute approximate surface area is 106 Å². The van der Waals surface area contributed by atoms with E-state index in [0.717, 1.165) is 22.4 Å². The highest BCUT2D eigenvalue weighted by atomic mass is 16.5. The first-order valence-electron chi connectivity index (χ1n) is 5.72. The average Bonchev–Trinajstić information content (AvgIpc) is 2.42. The lowest BCUT2D eigenvalue weighted by Crippen LogP contribution is -2.11. The molecule has 2 rings (SSSR count). The van der Waals surface area contributed by atoms with Gasteiger partial charge in [-0.05, 0) is 29.7 Å². The highest BCUT2D eigenvalue weighted by Gasteiger charge is 2.06. The summed E-state index contributed by atoms with van der Waals surface area (Å²) >= 11 is 0. The van der Waals surface area contributed by atoms with Crippen LogP contribution in [0, 0.1) is 6.92 Å². The molecule has 18 heavy (non-hydrogen) atoms. The van der Waals surface area contributed by atoms with Gasteiger partial charge in [0.2, 0.25) is 0 Å². The van der Waals surface area contributed by atoms with Gasteiger partial charge in [0.05, 0.1) is 7.11 Å². The maximum atomic E-state index is 11.2. The van der Waals surface area contributed by atoms with Crippen molar-refractivity contribution in [1.29, 1.82) is 0 Å². The SMILES string of the molecule is COC(=O)Nc1cc(-c2ccccc2)ccc1C. The second kappa shape index (κ2) is 5.36. The van der Waals surface area contributed by atoms with E-state index >= 15 is 0 Å². The van der Waals surface area contributed by atoms with Gasteiger partial charge in [0.1, 0.15) is 0 Å². The third kappa shape index (κ3) is 2.69. The van der Waals surface area contributed by atoms with Gasteiger partial charge in [0.15, 0.2) is 0 Å². The molecule has 0 aliphatic heterocycles. The smallest absolute Gasteiger partial charge is 0.411 e. The number of amides is 1. The van der Waals surface area contributed by atoms with Gasteiger partial charge in [-0.2, -0.15) is 0 Å². The largest absolute Gasteiger partial charge is 0.453 e. The van der Waals surface area contributed by atoms with Crippen LogP contribution in [0.25, 0.3) is 11.1 Å². The van der Waals surface area contributed by atoms with Crippen molar-refractivity contribution in [2.45, 2.75) is 6.92 Å². The molecule has 0 radical (unpaired) electrons. The predicted octanol–water partition coefficient (Wildman–Crippen LogP) is 3.84. The number of hydrogen-bond donors (Lipinski definition) is 1. The van der Waals surface area contributed by atoms with E-state index in [0.29, 0.717) is 0 Å². The predicted molar refractivity (Wildman–Crippen MR) is 72.6 cm³/mol. The average molecular weight is 241 g/mol. The third-order valence-corrected chi connectivity index (χ3v) is 2.77. The molecule has 92 valence electrons. The first-order chi connectivity index (χ1) is 8.70. The third-order valence-electron chi connectivity index (χ3n) is 2.77. The van der Waals surface area contributed by atoms with E-state index in [1.165, 1.54) is 7.11 Å². The van der Waals surface area contributed by atoms with E-state index in [2.05, 4.69) is 10.1 Å². The zero-order valence-corrected chi connectivity index (χ0v) is 10.4. The Morgan fingerprint density at radius 3 is 2.44 bits per heavy atom. The second-order valence-electron chi connectivity index (χ2n) is 4.01. The molecular formula is C15H15NO2. The van der Waals surface area contributed by atoms with Crippen LogP contribution in [0.2, 0.25) is 0 Å². The maximum Gasteiger partial charge on any atom is 0.411 e. The van der Waals surface area contributed by atoms with Gasteiger partial charge in [0.25, 0.3) is 0 Å². The standard InChI is InChI=1S/C15H15NO2/c1-11-8-9-13(12-6-4-3-5-7-12)10-14(11)16-15(17)18-2/h3-10H,1-2H3,(H,16,17). The second-order valence-corrected chi connectivity index (χ2v) is 4.01. The number of benzene rings is 2. The number of methoxy groups -OCH3 is 1. The normalized spacial score (nSPS) is 9.89. The van der Waals surface area contributed by atoms with Crippen molar-refractivity contribution in [3.63, 3.8) is 0 Å². The number of hydrogen-bond acceptors (Lipinski definition) is 2. The first kappa shape index (κ1) is 12.2. The lowest BCUT2D eigenvalue weighted by molar-refractivity contribution is 0.187. The van der Waals surface area contributed by atoms with Crippen LogP contribution in [-0.4, -0.2) is 13.2 Å². The van der Waals surface area contributed by atoms with Crippen molar-refractivity contribution in [3.8, 4) is 11.1 Å². The number of carbonyl (C=O) groups excluding carboxylic acids is 1. The van der Waals surface area contributed by atoms with E-state index in [1.807, 2.05) is 55.5 Å². The highest BCUT2D eigenvalue weighted by Crippen LogP contribution is 2.25. The minimum Gasteiger partial charge on any atom is -0.453 e. The molecule has 0 saturated heterocycles. The lowest BCUT2D eigenvalue weighted by Gasteiger charge is -2.10. The molecular weight excluding hydrogens is 226 g/mol. The summed E-state index contributed by atoms with van der Waals surface area (Å²) in [4.78, 5) is 11.2. The molecule has 0 unspecified atom stereocenters. The number of aryl methyl sites for hydroxylation is 1. The molecule has 2 aromatic rings. The van der Waals surface area contributed by atoms with Crippen LogP contribution in [0.4, 0.5) is 10.5 Å². The number of ether oxygens (including phenoxy) is 1. The minimum atomic E-state index is -0.455. The van der Waals surface area contributed by atoms with E-state index in [1.54, 1.807) is 0 Å². The zero-order valence-electron chi connectivity index (χ0n) is 10.4. The van der Waals surface area contributed by atoms with Gasteiger partial charge in [-0.3, -0.25) is 5.32 Å². The van der Waals surface area contributed by atoms with E-state index < -0.39 is 6.09 Å². The Morgan fingerprint density at radius 2 is 1.78 bits per heavy atom. The molecule has 0 heterocycles. The summed E-state index contributed by atoms with van der Waals surface area (Å²) in [7, 11) is 1.35. The molecule has 1 amide bonds. The fourth-order valence-corrected chi connectivity index (χ4v) is 1.73. The number of carbonyl (C=O) groups is 1. The number of rotatable bonds is 2. The van der Waals surface area contributed by atoms with Gasteiger partial charge < -0.3 is 4.74 Å². The summed E-state index contributed by atoms with van der Waals surface area (Å²) in [5.74, 6) is 0. The molecule has 1 N–H and O–H groups in total. The van der Waals surface area contributed by atoms with Crippen molar-refractivity contribution < 1.29 is 9.53 Å². The molecule has 0 bridgehead atoms. The molecule has 0 aliphatic rings. The lowest BCUT2D eigenvalue weighted by atomic mass is 10.0. The summed E-state index contributed by atoms with van der Waals surface area (Å²) < 4.78 is 4.60. The quantitative estimate of drug-likeness (QED) is 0.867. The number of anilines is 1. The molecule has 0 aromatic heterocycles. The summed E-state index contributed by atoms with van der Waals surface area (Å²) in [6.07, 6.45) is -0.455. The van der Waals surface area contributed by atoms with Crippen LogP contribution in [0.1, 0.15) is 5.56 Å². The summed E-state index contributed by atoms with van der Waals surface area (Å²) in [5.41, 5.74) is 3.95. The van der Waals surface area contributed by atoms with Gasteiger partial charge >= 0.3 is 6.09 Å². The van der Waals surface area contributed by atoms with Crippen LogP contribution in [0.3, 0.4) is 0 Å². The van der Waals surface area contributed by atoms with Crippen LogP contribution < -0.4 is 5.32 Å². The van der Waals surface area contributed by atoms with Crippen molar-refractivity contribution in [3.05, 3.63) is 54.1 Å². The summed E-state index contributed by atoms with van der Waals surface area (Å²) in [5, 5.41) is 2.71.